The maximum atomic E-state index is 5.76. The second kappa shape index (κ2) is 5.23. The van der Waals surface area contributed by atoms with Gasteiger partial charge in [-0.15, -0.1) is 0 Å². The second-order valence-corrected chi connectivity index (χ2v) is 4.51. The van der Waals surface area contributed by atoms with Gasteiger partial charge >= 0.3 is 0 Å². The molecule has 2 heterocycles. The van der Waals surface area contributed by atoms with E-state index in [4.69, 9.17) is 9.15 Å². The Balaban J connectivity index is 1.62. The third-order valence-corrected chi connectivity index (χ3v) is 2.97. The molecule has 0 atom stereocenters. The van der Waals surface area contributed by atoms with Gasteiger partial charge in [-0.25, -0.2) is 0 Å². The van der Waals surface area contributed by atoms with Crippen molar-refractivity contribution in [2.45, 2.75) is 32.0 Å². The van der Waals surface area contributed by atoms with Gasteiger partial charge in [-0.1, -0.05) is 0 Å². The van der Waals surface area contributed by atoms with Gasteiger partial charge in [-0.05, 0) is 31.0 Å². The number of furan rings is 1. The number of pyridine rings is 1. The van der Waals surface area contributed by atoms with Crippen molar-refractivity contribution in [2.24, 2.45) is 0 Å². The van der Waals surface area contributed by atoms with Crippen molar-refractivity contribution >= 4 is 0 Å². The topological polar surface area (TPSA) is 47.3 Å². The van der Waals surface area contributed by atoms with Crippen LogP contribution < -0.4 is 10.1 Å². The maximum absolute atomic E-state index is 5.76. The van der Waals surface area contributed by atoms with Crippen molar-refractivity contribution in [2.75, 3.05) is 0 Å². The van der Waals surface area contributed by atoms with E-state index < -0.39 is 0 Å². The summed E-state index contributed by atoms with van der Waals surface area (Å²) in [7, 11) is 0. The first-order valence-electron chi connectivity index (χ1n) is 6.23. The Morgan fingerprint density at radius 2 is 2.33 bits per heavy atom. The predicted octanol–water partition coefficient (Wildman–Crippen LogP) is 2.51. The third kappa shape index (κ3) is 2.90. The lowest BCUT2D eigenvalue weighted by Crippen LogP contribution is -2.16. The Kier molecular flexibility index (Phi) is 3.28. The van der Waals surface area contributed by atoms with Crippen LogP contribution in [0.15, 0.2) is 41.3 Å². The maximum Gasteiger partial charge on any atom is 0.146 e. The molecule has 94 valence electrons. The zero-order valence-electron chi connectivity index (χ0n) is 10.1. The molecule has 4 heteroatoms. The van der Waals surface area contributed by atoms with Crippen molar-refractivity contribution in [1.29, 1.82) is 0 Å². The van der Waals surface area contributed by atoms with Crippen LogP contribution in [0.1, 0.15) is 24.2 Å². The molecule has 3 rings (SSSR count). The zero-order valence-corrected chi connectivity index (χ0v) is 10.1. The van der Waals surface area contributed by atoms with Crippen molar-refractivity contribution in [3.63, 3.8) is 0 Å². The molecule has 2 aromatic heterocycles. The Morgan fingerprint density at radius 1 is 1.39 bits per heavy atom. The highest BCUT2D eigenvalue weighted by atomic mass is 16.5. The summed E-state index contributed by atoms with van der Waals surface area (Å²) < 4.78 is 11.0. The van der Waals surface area contributed by atoms with Gasteiger partial charge in [-0.2, -0.15) is 0 Å². The molecular weight excluding hydrogens is 228 g/mol. The van der Waals surface area contributed by atoms with Gasteiger partial charge in [0.05, 0.1) is 6.26 Å². The Hall–Kier alpha value is -1.81. The van der Waals surface area contributed by atoms with Crippen LogP contribution in [0.3, 0.4) is 0 Å². The van der Waals surface area contributed by atoms with E-state index in [1.807, 2.05) is 24.4 Å². The summed E-state index contributed by atoms with van der Waals surface area (Å²) in [6, 6.07) is 6.35. The first-order chi connectivity index (χ1) is 8.92. The molecule has 0 unspecified atom stereocenters. The molecule has 1 N–H and O–H groups in total. The van der Waals surface area contributed by atoms with Gasteiger partial charge in [0.25, 0.3) is 0 Å². The first kappa shape index (κ1) is 11.3. The fourth-order valence-electron chi connectivity index (χ4n) is 1.77. The Morgan fingerprint density at radius 3 is 3.11 bits per heavy atom. The van der Waals surface area contributed by atoms with Crippen molar-refractivity contribution in [3.05, 3.63) is 48.2 Å². The standard InChI is InChI=1S/C14H16N2O2/c1-2-13(17-7-1)10-18-14-5-6-15-8-11(14)9-16-12-3-4-12/h1-2,5-8,12,16H,3-4,9-10H2. The fourth-order valence-corrected chi connectivity index (χ4v) is 1.77. The van der Waals surface area contributed by atoms with Gasteiger partial charge in [-0.3, -0.25) is 4.98 Å². The Bertz CT molecular complexity index is 492. The lowest BCUT2D eigenvalue weighted by Gasteiger charge is -2.10. The van der Waals surface area contributed by atoms with E-state index >= 15 is 0 Å². The van der Waals surface area contributed by atoms with Crippen LogP contribution in [-0.4, -0.2) is 11.0 Å². The molecule has 0 amide bonds. The second-order valence-electron chi connectivity index (χ2n) is 4.51. The van der Waals surface area contributed by atoms with Crippen LogP contribution in [0.4, 0.5) is 0 Å². The average Bonchev–Trinajstić information content (AvgIpc) is 3.09. The summed E-state index contributed by atoms with van der Waals surface area (Å²) in [5, 5.41) is 3.46. The molecule has 1 fully saturated rings. The molecule has 2 aromatic rings. The highest BCUT2D eigenvalue weighted by Crippen LogP contribution is 2.22. The highest BCUT2D eigenvalue weighted by Gasteiger charge is 2.20. The van der Waals surface area contributed by atoms with Crippen molar-refractivity contribution in [1.82, 2.24) is 10.3 Å². The zero-order chi connectivity index (χ0) is 12.2. The van der Waals surface area contributed by atoms with E-state index in [-0.39, 0.29) is 0 Å². The third-order valence-electron chi connectivity index (χ3n) is 2.97. The van der Waals surface area contributed by atoms with E-state index in [9.17, 15) is 0 Å². The molecular formula is C14H16N2O2. The molecule has 0 saturated heterocycles. The molecule has 1 aliphatic rings. The summed E-state index contributed by atoms with van der Waals surface area (Å²) in [6.45, 7) is 1.26. The minimum absolute atomic E-state index is 0.452. The lowest BCUT2D eigenvalue weighted by atomic mass is 10.2. The fraction of sp³-hybridized carbons (Fsp3) is 0.357. The molecule has 0 radical (unpaired) electrons. The molecule has 0 bridgehead atoms. The van der Waals surface area contributed by atoms with E-state index in [0.29, 0.717) is 12.6 Å². The van der Waals surface area contributed by atoms with Crippen LogP contribution in [-0.2, 0) is 13.2 Å². The molecule has 1 aliphatic carbocycles. The minimum Gasteiger partial charge on any atom is -0.485 e. The van der Waals surface area contributed by atoms with Crippen LogP contribution in [0, 0.1) is 0 Å². The number of hydrogen-bond donors (Lipinski definition) is 1. The molecule has 0 aliphatic heterocycles. The summed E-state index contributed by atoms with van der Waals surface area (Å²) in [5.74, 6) is 1.70. The normalized spacial score (nSPS) is 14.7. The summed E-state index contributed by atoms with van der Waals surface area (Å²) in [4.78, 5) is 4.15. The largest absolute Gasteiger partial charge is 0.485 e. The van der Waals surface area contributed by atoms with Crippen molar-refractivity contribution in [3.8, 4) is 5.75 Å². The smallest absolute Gasteiger partial charge is 0.146 e. The number of nitrogens with one attached hydrogen (secondary N) is 1. The Labute approximate surface area is 106 Å². The molecule has 0 aromatic carbocycles. The van der Waals surface area contributed by atoms with E-state index in [1.165, 1.54) is 12.8 Å². The predicted molar refractivity (Wildman–Crippen MR) is 67.1 cm³/mol. The van der Waals surface area contributed by atoms with Gasteiger partial charge in [0.1, 0.15) is 18.1 Å². The van der Waals surface area contributed by atoms with E-state index in [1.54, 1.807) is 12.5 Å². The van der Waals surface area contributed by atoms with Gasteiger partial charge in [0, 0.05) is 30.5 Å². The molecule has 1 saturated carbocycles. The van der Waals surface area contributed by atoms with Crippen molar-refractivity contribution < 1.29 is 9.15 Å². The summed E-state index contributed by atoms with van der Waals surface area (Å²) in [5.41, 5.74) is 1.09. The van der Waals surface area contributed by atoms with Gasteiger partial charge in [0.15, 0.2) is 0 Å². The quantitative estimate of drug-likeness (QED) is 0.848. The first-order valence-corrected chi connectivity index (χ1v) is 6.23. The summed E-state index contributed by atoms with van der Waals surface area (Å²) >= 11 is 0. The SMILES string of the molecule is c1coc(COc2ccncc2CNC2CC2)c1. The molecule has 0 spiro atoms. The average molecular weight is 244 g/mol. The van der Waals surface area contributed by atoms with Gasteiger partial charge < -0.3 is 14.5 Å². The van der Waals surface area contributed by atoms with Gasteiger partial charge in [0.2, 0.25) is 0 Å². The number of aromatic nitrogens is 1. The summed E-state index contributed by atoms with van der Waals surface area (Å²) in [6.07, 6.45) is 7.82. The van der Waals surface area contributed by atoms with Crippen LogP contribution in [0.5, 0.6) is 5.75 Å². The number of nitrogens with zero attached hydrogens (tertiary/aromatic N) is 1. The number of rotatable bonds is 6. The lowest BCUT2D eigenvalue weighted by molar-refractivity contribution is 0.267. The minimum atomic E-state index is 0.452. The van der Waals surface area contributed by atoms with Crippen LogP contribution in [0.25, 0.3) is 0 Å². The number of ether oxygens (including phenoxy) is 1. The molecule has 18 heavy (non-hydrogen) atoms. The molecule has 4 nitrogen and oxygen atoms in total. The van der Waals surface area contributed by atoms with Crippen LogP contribution in [0.2, 0.25) is 0 Å². The van der Waals surface area contributed by atoms with Crippen LogP contribution >= 0.6 is 0 Å². The highest BCUT2D eigenvalue weighted by molar-refractivity contribution is 5.30. The van der Waals surface area contributed by atoms with E-state index in [2.05, 4.69) is 10.3 Å². The van der Waals surface area contributed by atoms with E-state index in [0.717, 1.165) is 23.6 Å². The number of hydrogen-bond acceptors (Lipinski definition) is 4. The monoisotopic (exact) mass is 244 g/mol.